The minimum atomic E-state index is -1.44. The van der Waals surface area contributed by atoms with Gasteiger partial charge >= 0.3 is 0 Å². The third kappa shape index (κ3) is 4.24. The van der Waals surface area contributed by atoms with Gasteiger partial charge in [0.2, 0.25) is 0 Å². The van der Waals surface area contributed by atoms with Crippen LogP contribution in [-0.4, -0.2) is 98.0 Å². The molecule has 7 fully saturated rings. The van der Waals surface area contributed by atoms with E-state index in [4.69, 9.17) is 14.2 Å². The van der Waals surface area contributed by atoms with Crippen molar-refractivity contribution >= 4 is 0 Å². The average Bonchev–Trinajstić information content (AvgIpc) is 3.47. The van der Waals surface area contributed by atoms with Crippen molar-refractivity contribution in [2.75, 3.05) is 6.61 Å². The summed E-state index contributed by atoms with van der Waals surface area (Å²) in [6.07, 6.45) is 1.71. The van der Waals surface area contributed by atoms with Gasteiger partial charge in [-0.1, -0.05) is 34.6 Å². The highest BCUT2D eigenvalue weighted by molar-refractivity contribution is 5.31. The molecule has 0 radical (unpaired) electrons. The summed E-state index contributed by atoms with van der Waals surface area (Å²) in [5.74, 6) is 1.31. The van der Waals surface area contributed by atoms with E-state index < -0.39 is 49.0 Å². The van der Waals surface area contributed by atoms with E-state index in [1.165, 1.54) is 12.8 Å². The molecule has 5 saturated carbocycles. The Bertz CT molecular complexity index is 1160. The lowest BCUT2D eigenvalue weighted by Gasteiger charge is -2.63. The molecule has 7 aliphatic rings. The first kappa shape index (κ1) is 33.2. The van der Waals surface area contributed by atoms with Crippen LogP contribution < -0.4 is 0 Å². The Kier molecular flexibility index (Phi) is 7.61. The van der Waals surface area contributed by atoms with Crippen LogP contribution in [0.25, 0.3) is 0 Å². The predicted molar refractivity (Wildman–Crippen MR) is 166 cm³/mol. The number of hydrogen-bond donors (Lipinski definition) is 6. The molecule has 5 aliphatic carbocycles. The molecule has 0 amide bonds. The first-order valence-electron chi connectivity index (χ1n) is 17.9. The number of aliphatic hydroxyl groups excluding tert-OH is 6. The zero-order valence-electron chi connectivity index (χ0n) is 28.5. The molecule has 45 heavy (non-hydrogen) atoms. The summed E-state index contributed by atoms with van der Waals surface area (Å²) < 4.78 is 18.7. The van der Waals surface area contributed by atoms with Crippen molar-refractivity contribution in [3.8, 4) is 0 Å². The molecule has 9 heteroatoms. The molecule has 2 saturated heterocycles. The van der Waals surface area contributed by atoms with Crippen LogP contribution in [-0.2, 0) is 14.2 Å². The van der Waals surface area contributed by atoms with Crippen LogP contribution in [0.4, 0.5) is 0 Å². The van der Waals surface area contributed by atoms with Gasteiger partial charge in [0.25, 0.3) is 0 Å². The van der Waals surface area contributed by atoms with E-state index in [1.807, 2.05) is 13.8 Å². The number of fused-ring (bicyclic) bond motifs is 2. The molecule has 258 valence electrons. The highest BCUT2D eigenvalue weighted by Gasteiger charge is 2.83. The van der Waals surface area contributed by atoms with Crippen LogP contribution in [0.15, 0.2) is 0 Å². The molecule has 2 heterocycles. The van der Waals surface area contributed by atoms with Crippen molar-refractivity contribution in [2.24, 2.45) is 50.7 Å². The second kappa shape index (κ2) is 10.3. The van der Waals surface area contributed by atoms with Crippen LogP contribution >= 0.6 is 0 Å². The highest BCUT2D eigenvalue weighted by atomic mass is 16.7. The standard InChI is InChI=1S/C36H60O9/c1-18(20-14-24(39)32(4,5)45-20)26-19(38)15-34(7)23-9-8-22-31(2,3)25(44-30-29(42)28(41)27(40)21(16-37)43-30)10-11-35(22)17-36(23,35)13-12-33(26,34)6/h18-30,37-42H,8-17H2,1-7H3/t18-,19+,20-,21-,22+,23+,24+,25+,26+,27-,28+,29-,30+,33-,34+,35-,36+/m1/s1. The Balaban J connectivity index is 1.11. The maximum absolute atomic E-state index is 11.8. The topological polar surface area (TPSA) is 149 Å². The van der Waals surface area contributed by atoms with Crippen molar-refractivity contribution in [1.29, 1.82) is 0 Å². The fourth-order valence-corrected chi connectivity index (χ4v) is 13.5. The predicted octanol–water partition coefficient (Wildman–Crippen LogP) is 3.15. The molecule has 0 aromatic rings. The summed E-state index contributed by atoms with van der Waals surface area (Å²) in [5, 5.41) is 63.6. The average molecular weight is 637 g/mol. The molecule has 2 spiro atoms. The summed E-state index contributed by atoms with van der Waals surface area (Å²) in [4.78, 5) is 0. The van der Waals surface area contributed by atoms with Crippen molar-refractivity contribution in [1.82, 2.24) is 0 Å². The fraction of sp³-hybridized carbons (Fsp3) is 1.00. The van der Waals surface area contributed by atoms with Crippen LogP contribution in [0, 0.1) is 50.7 Å². The minimum absolute atomic E-state index is 0.00164. The zero-order chi connectivity index (χ0) is 32.7. The van der Waals surface area contributed by atoms with Crippen molar-refractivity contribution in [3.05, 3.63) is 0 Å². The normalized spacial score (nSPS) is 58.6. The van der Waals surface area contributed by atoms with Gasteiger partial charge in [-0.3, -0.25) is 0 Å². The SMILES string of the molecule is C[C@@H]([C@H]1[C@@H](O)C[C@@]2(C)[C@@H]3CC[C@H]4C(C)(C)[C@@H](O[C@@H]5O[C@H](CO)[C@@H](O)[C@H](O)[C@H]5O)CC[C@@]45C[C@@]35CC[C@]12C)[C@H]1C[C@H](O)C(C)(C)O1. The molecular weight excluding hydrogens is 576 g/mol. The number of hydrogen-bond acceptors (Lipinski definition) is 9. The van der Waals surface area contributed by atoms with Gasteiger partial charge in [0, 0.05) is 6.42 Å². The summed E-state index contributed by atoms with van der Waals surface area (Å²) >= 11 is 0. The molecule has 6 N–H and O–H groups in total. The van der Waals surface area contributed by atoms with E-state index in [1.54, 1.807) is 0 Å². The Hall–Kier alpha value is -0.360. The third-order valence-corrected chi connectivity index (χ3v) is 16.1. The third-order valence-electron chi connectivity index (χ3n) is 16.1. The molecule has 2 aliphatic heterocycles. The monoisotopic (exact) mass is 636 g/mol. The van der Waals surface area contributed by atoms with E-state index in [0.29, 0.717) is 18.3 Å². The molecule has 9 nitrogen and oxygen atoms in total. The molecule has 0 bridgehead atoms. The lowest BCUT2D eigenvalue weighted by atomic mass is 9.41. The van der Waals surface area contributed by atoms with Gasteiger partial charge in [0.1, 0.15) is 24.4 Å². The number of ether oxygens (including phenoxy) is 3. The Morgan fingerprint density at radius 2 is 1.47 bits per heavy atom. The highest BCUT2D eigenvalue weighted by Crippen LogP contribution is 2.89. The van der Waals surface area contributed by atoms with E-state index >= 15 is 0 Å². The first-order chi connectivity index (χ1) is 20.9. The van der Waals surface area contributed by atoms with Gasteiger partial charge in [0.05, 0.1) is 36.6 Å². The van der Waals surface area contributed by atoms with E-state index in [9.17, 15) is 30.6 Å². The lowest BCUT2D eigenvalue weighted by Crippen LogP contribution is -2.62. The Labute approximate surface area is 269 Å². The van der Waals surface area contributed by atoms with E-state index in [2.05, 4.69) is 34.6 Å². The van der Waals surface area contributed by atoms with Crippen LogP contribution in [0.3, 0.4) is 0 Å². The summed E-state index contributed by atoms with van der Waals surface area (Å²) in [5.41, 5.74) is -0.199. The second-order valence-corrected chi connectivity index (χ2v) is 18.4. The van der Waals surface area contributed by atoms with Crippen molar-refractivity contribution in [2.45, 2.75) is 167 Å². The van der Waals surface area contributed by atoms with Crippen molar-refractivity contribution in [3.63, 3.8) is 0 Å². The van der Waals surface area contributed by atoms with E-state index in [0.717, 1.165) is 38.5 Å². The summed E-state index contributed by atoms with van der Waals surface area (Å²) in [7, 11) is 0. The quantitative estimate of drug-likeness (QED) is 0.250. The molecule has 7 rings (SSSR count). The second-order valence-electron chi connectivity index (χ2n) is 18.4. The maximum Gasteiger partial charge on any atom is 0.186 e. The zero-order valence-corrected chi connectivity index (χ0v) is 28.5. The maximum atomic E-state index is 11.8. The molecule has 0 aromatic heterocycles. The Morgan fingerprint density at radius 1 is 0.800 bits per heavy atom. The van der Waals surface area contributed by atoms with Crippen LogP contribution in [0.1, 0.15) is 106 Å². The summed E-state index contributed by atoms with van der Waals surface area (Å²) in [6, 6.07) is 0. The molecular formula is C36H60O9. The number of aliphatic hydroxyl groups is 6. The van der Waals surface area contributed by atoms with Gasteiger partial charge in [-0.2, -0.15) is 0 Å². The first-order valence-corrected chi connectivity index (χ1v) is 17.9. The molecule has 17 atom stereocenters. The molecule has 0 unspecified atom stereocenters. The van der Waals surface area contributed by atoms with Gasteiger partial charge in [-0.25, -0.2) is 0 Å². The number of rotatable bonds is 5. The minimum Gasteiger partial charge on any atom is -0.394 e. The van der Waals surface area contributed by atoms with Crippen LogP contribution in [0.5, 0.6) is 0 Å². The lowest BCUT2D eigenvalue weighted by molar-refractivity contribution is -0.326. The van der Waals surface area contributed by atoms with E-state index in [-0.39, 0.29) is 57.2 Å². The largest absolute Gasteiger partial charge is 0.394 e. The van der Waals surface area contributed by atoms with Gasteiger partial charge in [-0.15, -0.1) is 0 Å². The summed E-state index contributed by atoms with van der Waals surface area (Å²) in [6.45, 7) is 15.3. The fourth-order valence-electron chi connectivity index (χ4n) is 13.5. The Morgan fingerprint density at radius 3 is 2.11 bits per heavy atom. The van der Waals surface area contributed by atoms with Crippen LogP contribution in [0.2, 0.25) is 0 Å². The van der Waals surface area contributed by atoms with Gasteiger partial charge in [-0.05, 0) is 116 Å². The smallest absolute Gasteiger partial charge is 0.186 e. The van der Waals surface area contributed by atoms with Gasteiger partial charge < -0.3 is 44.8 Å². The van der Waals surface area contributed by atoms with Crippen molar-refractivity contribution < 1.29 is 44.8 Å². The molecule has 0 aromatic carbocycles. The van der Waals surface area contributed by atoms with Gasteiger partial charge in [0.15, 0.2) is 6.29 Å².